The van der Waals surface area contributed by atoms with E-state index in [0.717, 1.165) is 17.7 Å². The highest BCUT2D eigenvalue weighted by molar-refractivity contribution is 7.13. The molecule has 0 aliphatic carbocycles. The lowest BCUT2D eigenvalue weighted by atomic mass is 9.94. The van der Waals surface area contributed by atoms with Crippen molar-refractivity contribution in [1.82, 2.24) is 10.3 Å². The van der Waals surface area contributed by atoms with Crippen LogP contribution in [0.5, 0.6) is 0 Å². The van der Waals surface area contributed by atoms with Crippen LogP contribution in [0.1, 0.15) is 30.5 Å². The molecule has 1 aromatic carbocycles. The van der Waals surface area contributed by atoms with Crippen LogP contribution in [0, 0.1) is 0 Å². The Morgan fingerprint density at radius 2 is 2.24 bits per heavy atom. The molecule has 130 valence electrons. The lowest BCUT2D eigenvalue weighted by Crippen LogP contribution is -2.28. The average molecular weight is 395 g/mol. The van der Waals surface area contributed by atoms with E-state index in [-0.39, 0.29) is 11.9 Å². The summed E-state index contributed by atoms with van der Waals surface area (Å²) in [6, 6.07) is 4.84. The van der Waals surface area contributed by atoms with Gasteiger partial charge in [-0.3, -0.25) is 10.3 Å². The van der Waals surface area contributed by atoms with Crippen molar-refractivity contribution >= 4 is 51.9 Å². The Labute approximate surface area is 159 Å². The number of rotatable bonds is 4. The van der Waals surface area contributed by atoms with Crippen LogP contribution in [-0.4, -0.2) is 17.2 Å². The Kier molecular flexibility index (Phi) is 5.73. The third-order valence-corrected chi connectivity index (χ3v) is 5.19. The van der Waals surface area contributed by atoms with Crippen molar-refractivity contribution in [1.29, 1.82) is 0 Å². The molecule has 2 heterocycles. The van der Waals surface area contributed by atoms with Crippen LogP contribution in [0.4, 0.5) is 9.93 Å². The molecule has 25 heavy (non-hydrogen) atoms. The monoisotopic (exact) mass is 394 g/mol. The summed E-state index contributed by atoms with van der Waals surface area (Å²) in [6.45, 7) is 2.34. The fraction of sp³-hybridized carbons (Fsp3) is 0.235. The number of thiazole rings is 1. The predicted octanol–water partition coefficient (Wildman–Crippen LogP) is 5.23. The van der Waals surface area contributed by atoms with E-state index in [2.05, 4.69) is 20.6 Å². The lowest BCUT2D eigenvalue weighted by Gasteiger charge is -2.15. The van der Waals surface area contributed by atoms with E-state index >= 15 is 0 Å². The molecule has 0 radical (unpaired) electrons. The molecule has 0 spiro atoms. The van der Waals surface area contributed by atoms with Crippen molar-refractivity contribution in [2.45, 2.75) is 25.8 Å². The number of aliphatic imine (C=N–C) groups is 1. The van der Waals surface area contributed by atoms with Crippen LogP contribution in [0.3, 0.4) is 0 Å². The van der Waals surface area contributed by atoms with Gasteiger partial charge in [0.05, 0.1) is 5.69 Å². The number of amides is 2. The van der Waals surface area contributed by atoms with E-state index in [1.54, 1.807) is 18.2 Å². The number of hydrogen-bond acceptors (Lipinski definition) is 4. The molecule has 5 nitrogen and oxygen atoms in total. The molecule has 0 bridgehead atoms. The van der Waals surface area contributed by atoms with Crippen molar-refractivity contribution in [3.8, 4) is 0 Å². The fourth-order valence-electron chi connectivity index (χ4n) is 2.45. The largest absolute Gasteiger partial charge is 0.334 e. The van der Waals surface area contributed by atoms with Crippen molar-refractivity contribution in [2.24, 2.45) is 4.99 Å². The number of halogens is 2. The first kappa shape index (κ1) is 17.9. The number of anilines is 1. The van der Waals surface area contributed by atoms with Gasteiger partial charge in [0.15, 0.2) is 5.13 Å². The van der Waals surface area contributed by atoms with E-state index < -0.39 is 0 Å². The van der Waals surface area contributed by atoms with Gasteiger partial charge in [0.2, 0.25) is 0 Å². The second-order valence-corrected chi connectivity index (χ2v) is 7.32. The maximum atomic E-state index is 12.1. The number of nitrogens with zero attached hydrogens (tertiary/aromatic N) is 2. The van der Waals surface area contributed by atoms with Gasteiger partial charge in [-0.2, -0.15) is 0 Å². The van der Waals surface area contributed by atoms with E-state index in [1.807, 2.05) is 24.7 Å². The molecular weight excluding hydrogens is 379 g/mol. The van der Waals surface area contributed by atoms with Gasteiger partial charge >= 0.3 is 6.03 Å². The zero-order valence-corrected chi connectivity index (χ0v) is 15.8. The molecule has 8 heteroatoms. The third kappa shape index (κ3) is 4.60. The molecule has 0 fully saturated rings. The zero-order valence-electron chi connectivity index (χ0n) is 13.4. The van der Waals surface area contributed by atoms with E-state index in [9.17, 15) is 4.79 Å². The molecule has 1 unspecified atom stereocenters. The summed E-state index contributed by atoms with van der Waals surface area (Å²) in [5, 5.41) is 9.12. The zero-order chi connectivity index (χ0) is 17.8. The minimum absolute atomic E-state index is 0.222. The molecule has 1 aromatic heterocycles. The van der Waals surface area contributed by atoms with E-state index in [1.165, 1.54) is 16.9 Å². The summed E-state index contributed by atoms with van der Waals surface area (Å²) in [5.74, 6) is 0.222. The second-order valence-electron chi connectivity index (χ2n) is 5.61. The number of carbonyl (C=O) groups excluding carboxylic acids is 1. The summed E-state index contributed by atoms with van der Waals surface area (Å²) in [5.41, 5.74) is 2.91. The Morgan fingerprint density at radius 3 is 3.00 bits per heavy atom. The number of allylic oxidation sites excluding steroid dienone is 1. The molecule has 0 saturated carbocycles. The van der Waals surface area contributed by atoms with E-state index in [0.29, 0.717) is 21.7 Å². The summed E-state index contributed by atoms with van der Waals surface area (Å²) in [4.78, 5) is 20.7. The van der Waals surface area contributed by atoms with Gasteiger partial charge < -0.3 is 5.32 Å². The van der Waals surface area contributed by atoms with Gasteiger partial charge in [0, 0.05) is 40.3 Å². The maximum absolute atomic E-state index is 12.1. The number of hydrogen-bond donors (Lipinski definition) is 2. The van der Waals surface area contributed by atoms with Crippen molar-refractivity contribution < 1.29 is 4.79 Å². The first-order chi connectivity index (χ1) is 12.0. The smallest absolute Gasteiger partial charge is 0.321 e. The fourth-order valence-corrected chi connectivity index (χ4v) is 3.69. The molecular formula is C17H16Cl2N4OS. The number of carbonyl (C=O) groups is 1. The SMILES string of the molecule is CC1=CN=CCC1c1csc(NC(=O)NCc2ccc(Cl)cc2Cl)n1. The Morgan fingerprint density at radius 1 is 1.40 bits per heavy atom. The molecule has 1 aliphatic heterocycles. The second kappa shape index (κ2) is 7.99. The summed E-state index contributed by atoms with van der Waals surface area (Å²) >= 11 is 13.4. The molecule has 0 saturated heterocycles. The van der Waals surface area contributed by atoms with Crippen LogP contribution in [0.15, 0.2) is 40.3 Å². The third-order valence-electron chi connectivity index (χ3n) is 3.83. The minimum atomic E-state index is -0.329. The number of benzene rings is 1. The first-order valence-corrected chi connectivity index (χ1v) is 9.29. The molecule has 2 N–H and O–H groups in total. The van der Waals surface area contributed by atoms with E-state index in [4.69, 9.17) is 23.2 Å². The molecule has 3 rings (SSSR count). The molecule has 1 atom stereocenters. The highest BCUT2D eigenvalue weighted by Crippen LogP contribution is 2.31. The van der Waals surface area contributed by atoms with Gasteiger partial charge in [-0.15, -0.1) is 11.3 Å². The normalized spacial score (nSPS) is 16.4. The molecule has 1 aliphatic rings. The summed E-state index contributed by atoms with van der Waals surface area (Å²) < 4.78 is 0. The van der Waals surface area contributed by atoms with Crippen LogP contribution < -0.4 is 10.6 Å². The number of urea groups is 1. The van der Waals surface area contributed by atoms with Gasteiger partial charge in [-0.05, 0) is 36.6 Å². The van der Waals surface area contributed by atoms with Gasteiger partial charge in [0.1, 0.15) is 0 Å². The first-order valence-electron chi connectivity index (χ1n) is 7.65. The van der Waals surface area contributed by atoms with Crippen LogP contribution in [0.2, 0.25) is 10.0 Å². The number of nitrogens with one attached hydrogen (secondary N) is 2. The molecule has 2 amide bonds. The van der Waals surface area contributed by atoms with Crippen LogP contribution in [-0.2, 0) is 6.54 Å². The standard InChI is InChI=1S/C17H16Cl2N4OS/c1-10-7-20-5-4-13(10)15-9-25-17(22-15)23-16(24)21-8-11-2-3-12(18)6-14(11)19/h2-3,5-7,9,13H,4,8H2,1H3,(H2,21,22,23,24). The topological polar surface area (TPSA) is 66.4 Å². The summed E-state index contributed by atoms with van der Waals surface area (Å²) in [7, 11) is 0. The van der Waals surface area contributed by atoms with Crippen molar-refractivity contribution in [3.63, 3.8) is 0 Å². The lowest BCUT2D eigenvalue weighted by molar-refractivity contribution is 0.251. The Balaban J connectivity index is 1.56. The van der Waals surface area contributed by atoms with Gasteiger partial charge in [-0.25, -0.2) is 9.78 Å². The Hall–Kier alpha value is -1.89. The summed E-state index contributed by atoms with van der Waals surface area (Å²) in [6.07, 6.45) is 4.56. The molecule has 2 aromatic rings. The van der Waals surface area contributed by atoms with Crippen molar-refractivity contribution in [3.05, 3.63) is 56.7 Å². The average Bonchev–Trinajstić information content (AvgIpc) is 3.02. The Bertz CT molecular complexity index is 847. The van der Waals surface area contributed by atoms with Gasteiger partial charge in [0.25, 0.3) is 0 Å². The highest BCUT2D eigenvalue weighted by atomic mass is 35.5. The maximum Gasteiger partial charge on any atom is 0.321 e. The number of aromatic nitrogens is 1. The highest BCUT2D eigenvalue weighted by Gasteiger charge is 2.18. The quantitative estimate of drug-likeness (QED) is 0.744. The van der Waals surface area contributed by atoms with Crippen LogP contribution >= 0.6 is 34.5 Å². The minimum Gasteiger partial charge on any atom is -0.334 e. The van der Waals surface area contributed by atoms with Crippen molar-refractivity contribution in [2.75, 3.05) is 5.32 Å². The van der Waals surface area contributed by atoms with Gasteiger partial charge in [-0.1, -0.05) is 29.3 Å². The van der Waals surface area contributed by atoms with Crippen LogP contribution in [0.25, 0.3) is 0 Å². The predicted molar refractivity (Wildman–Crippen MR) is 104 cm³/mol.